The van der Waals surface area contributed by atoms with Crippen molar-refractivity contribution in [3.63, 3.8) is 0 Å². The normalized spacial score (nSPS) is 18.1. The molecule has 2 rings (SSSR count). The van der Waals surface area contributed by atoms with E-state index in [-0.39, 0.29) is 29.2 Å². The van der Waals surface area contributed by atoms with Gasteiger partial charge in [-0.2, -0.15) is 13.2 Å². The fourth-order valence-corrected chi connectivity index (χ4v) is 5.09. The Morgan fingerprint density at radius 3 is 2.05 bits per heavy atom. The number of quaternary nitrogens is 1. The van der Waals surface area contributed by atoms with Crippen molar-refractivity contribution in [1.82, 2.24) is 0 Å². The van der Waals surface area contributed by atoms with E-state index in [1.54, 1.807) is 13.8 Å². The fraction of sp³-hybridized carbons (Fsp3) is 0.633. The van der Waals surface area contributed by atoms with Crippen molar-refractivity contribution in [2.24, 2.45) is 10.9 Å². The monoisotopic (exact) mass is 553 g/mol. The number of benzene rings is 1. The standard InChI is InChI=1S/C30H44F3N2O4/c1-21-25(28(36)38-6)27(23-17-13-14-18-24(23)30(31,32)33)26(22(2)34-21)29(37)39-20-16-12-10-8-7-9-11-15-19-35(3,4)5/h13-14,17-18,25,27H,7-12,15-16,19-20H2,1-6H3/q+1. The van der Waals surface area contributed by atoms with Gasteiger partial charge in [0.1, 0.15) is 5.92 Å². The van der Waals surface area contributed by atoms with Crippen molar-refractivity contribution in [3.8, 4) is 0 Å². The molecule has 0 amide bonds. The Bertz CT molecular complexity index is 1040. The molecule has 0 bridgehead atoms. The Morgan fingerprint density at radius 1 is 0.923 bits per heavy atom. The maximum Gasteiger partial charge on any atom is 0.416 e. The first-order chi connectivity index (χ1) is 18.3. The number of unbranched alkanes of at least 4 members (excludes halogenated alkanes) is 7. The number of halogens is 3. The van der Waals surface area contributed by atoms with Gasteiger partial charge in [0.25, 0.3) is 0 Å². The SMILES string of the molecule is COC(=O)C1C(C)=NC(C)=C(C(=O)OCCCCCCCCCC[N+](C)(C)C)C1c1ccccc1C(F)(F)F. The van der Waals surface area contributed by atoms with Crippen LogP contribution in [0.1, 0.15) is 82.3 Å². The number of allylic oxidation sites excluding steroid dienone is 1. The summed E-state index contributed by atoms with van der Waals surface area (Å²) in [6.07, 6.45) is 3.88. The van der Waals surface area contributed by atoms with Gasteiger partial charge in [-0.3, -0.25) is 9.79 Å². The highest BCUT2D eigenvalue weighted by atomic mass is 19.4. The van der Waals surface area contributed by atoms with Gasteiger partial charge in [-0.15, -0.1) is 0 Å². The molecule has 1 aromatic carbocycles. The third-order valence-electron chi connectivity index (χ3n) is 7.06. The Labute approximate surface area is 230 Å². The van der Waals surface area contributed by atoms with Crippen molar-refractivity contribution in [3.05, 3.63) is 46.7 Å². The van der Waals surface area contributed by atoms with Crippen LogP contribution >= 0.6 is 0 Å². The highest BCUT2D eigenvalue weighted by molar-refractivity contribution is 6.07. The van der Waals surface area contributed by atoms with Crippen molar-refractivity contribution >= 4 is 17.7 Å². The van der Waals surface area contributed by atoms with E-state index in [1.165, 1.54) is 50.4 Å². The van der Waals surface area contributed by atoms with Crippen LogP contribution < -0.4 is 0 Å². The maximum atomic E-state index is 13.9. The number of hydrogen-bond acceptors (Lipinski definition) is 5. The highest BCUT2D eigenvalue weighted by Crippen LogP contribution is 2.44. The van der Waals surface area contributed by atoms with Gasteiger partial charge in [0.15, 0.2) is 0 Å². The van der Waals surface area contributed by atoms with Gasteiger partial charge in [0.2, 0.25) is 0 Å². The van der Waals surface area contributed by atoms with Crippen LogP contribution in [0.25, 0.3) is 0 Å². The van der Waals surface area contributed by atoms with Gasteiger partial charge in [-0.1, -0.05) is 50.3 Å². The third kappa shape index (κ3) is 9.78. The van der Waals surface area contributed by atoms with Crippen LogP contribution in [0.2, 0.25) is 0 Å². The van der Waals surface area contributed by atoms with E-state index >= 15 is 0 Å². The summed E-state index contributed by atoms with van der Waals surface area (Å²) >= 11 is 0. The van der Waals surface area contributed by atoms with Gasteiger partial charge in [-0.05, 0) is 44.7 Å². The summed E-state index contributed by atoms with van der Waals surface area (Å²) in [5, 5.41) is 0. The average Bonchev–Trinajstić information content (AvgIpc) is 2.85. The van der Waals surface area contributed by atoms with E-state index in [9.17, 15) is 22.8 Å². The number of aliphatic imine (C=N–C) groups is 1. The number of hydrogen-bond donors (Lipinski definition) is 0. The first-order valence-electron chi connectivity index (χ1n) is 13.8. The van der Waals surface area contributed by atoms with Crippen molar-refractivity contribution < 1.29 is 36.7 Å². The molecular formula is C30H44F3N2O4+. The lowest BCUT2D eigenvalue weighted by atomic mass is 9.74. The fourth-order valence-electron chi connectivity index (χ4n) is 5.09. The molecule has 0 saturated heterocycles. The molecule has 2 unspecified atom stereocenters. The van der Waals surface area contributed by atoms with Crippen molar-refractivity contribution in [2.45, 2.75) is 77.3 Å². The number of rotatable bonds is 14. The summed E-state index contributed by atoms with van der Waals surface area (Å²) in [5.74, 6) is -3.91. The number of carbonyl (C=O) groups excluding carboxylic acids is 2. The third-order valence-corrected chi connectivity index (χ3v) is 7.06. The summed E-state index contributed by atoms with van der Waals surface area (Å²) in [6, 6.07) is 4.99. The first kappa shape index (κ1) is 32.5. The van der Waals surface area contributed by atoms with Gasteiger partial charge in [0, 0.05) is 17.3 Å². The molecule has 6 nitrogen and oxygen atoms in total. The van der Waals surface area contributed by atoms with Gasteiger partial charge < -0.3 is 14.0 Å². The minimum Gasteiger partial charge on any atom is -0.468 e. The molecule has 0 N–H and O–H groups in total. The molecule has 1 aromatic rings. The minimum atomic E-state index is -4.67. The van der Waals surface area contributed by atoms with E-state index in [0.29, 0.717) is 6.42 Å². The van der Waals surface area contributed by atoms with Crippen LogP contribution in [0.4, 0.5) is 13.2 Å². The predicted octanol–water partition coefficient (Wildman–Crippen LogP) is 6.70. The molecule has 1 aliphatic heterocycles. The maximum absolute atomic E-state index is 13.9. The molecule has 39 heavy (non-hydrogen) atoms. The van der Waals surface area contributed by atoms with E-state index in [2.05, 4.69) is 26.1 Å². The molecule has 0 aliphatic carbocycles. The average molecular weight is 554 g/mol. The number of carbonyl (C=O) groups is 2. The Hall–Kier alpha value is -2.68. The lowest BCUT2D eigenvalue weighted by molar-refractivity contribution is -0.870. The minimum absolute atomic E-state index is 0.0402. The van der Waals surface area contributed by atoms with Crippen LogP contribution in [-0.2, 0) is 25.2 Å². The van der Waals surface area contributed by atoms with E-state index in [1.807, 2.05) is 0 Å². The quantitative estimate of drug-likeness (QED) is 0.146. The molecule has 0 spiro atoms. The predicted molar refractivity (Wildman–Crippen MR) is 146 cm³/mol. The smallest absolute Gasteiger partial charge is 0.416 e. The number of alkyl halides is 3. The number of nitrogens with zero attached hydrogens (tertiary/aromatic N) is 2. The summed E-state index contributed by atoms with van der Waals surface area (Å²) < 4.78 is 53.2. The van der Waals surface area contributed by atoms with Crippen LogP contribution in [0.5, 0.6) is 0 Å². The van der Waals surface area contributed by atoms with Gasteiger partial charge in [0.05, 0.1) is 52.5 Å². The molecule has 0 radical (unpaired) electrons. The number of esters is 2. The Morgan fingerprint density at radius 2 is 1.49 bits per heavy atom. The van der Waals surface area contributed by atoms with Crippen LogP contribution in [0.15, 0.2) is 40.5 Å². The molecule has 2 atom stereocenters. The second kappa shape index (κ2) is 14.6. The molecule has 1 heterocycles. The molecule has 1 aliphatic rings. The topological polar surface area (TPSA) is 65.0 Å². The second-order valence-electron chi connectivity index (χ2n) is 11.3. The van der Waals surface area contributed by atoms with Crippen LogP contribution in [-0.4, -0.2) is 63.5 Å². The molecular weight excluding hydrogens is 509 g/mol. The highest BCUT2D eigenvalue weighted by Gasteiger charge is 2.46. The molecule has 0 fully saturated rings. The van der Waals surface area contributed by atoms with E-state index in [4.69, 9.17) is 9.47 Å². The summed E-state index contributed by atoms with van der Waals surface area (Å²) in [6.45, 7) is 4.44. The molecule has 9 heteroatoms. The molecule has 218 valence electrons. The van der Waals surface area contributed by atoms with E-state index < -0.39 is 35.5 Å². The molecule has 0 saturated carbocycles. The lowest BCUT2D eigenvalue weighted by Crippen LogP contribution is -2.37. The Balaban J connectivity index is 2.04. The van der Waals surface area contributed by atoms with Crippen LogP contribution in [0, 0.1) is 5.92 Å². The first-order valence-corrected chi connectivity index (χ1v) is 13.8. The molecule has 0 aromatic heterocycles. The zero-order valence-electron chi connectivity index (χ0n) is 24.2. The Kier molecular flexibility index (Phi) is 12.2. The van der Waals surface area contributed by atoms with Crippen LogP contribution in [0.3, 0.4) is 0 Å². The number of methoxy groups -OCH3 is 1. The number of ether oxygens (including phenoxy) is 2. The lowest BCUT2D eigenvalue weighted by Gasteiger charge is -2.32. The summed E-state index contributed by atoms with van der Waals surface area (Å²) in [7, 11) is 7.77. The second-order valence-corrected chi connectivity index (χ2v) is 11.3. The summed E-state index contributed by atoms with van der Waals surface area (Å²) in [5.41, 5.74) is -0.599. The van der Waals surface area contributed by atoms with Crippen molar-refractivity contribution in [1.29, 1.82) is 0 Å². The van der Waals surface area contributed by atoms with E-state index in [0.717, 1.165) is 36.9 Å². The largest absolute Gasteiger partial charge is 0.468 e. The zero-order chi connectivity index (χ0) is 29.2. The van der Waals surface area contributed by atoms with Crippen molar-refractivity contribution in [2.75, 3.05) is 41.4 Å². The van der Waals surface area contributed by atoms with Gasteiger partial charge in [-0.25, -0.2) is 4.79 Å². The zero-order valence-corrected chi connectivity index (χ0v) is 24.2. The summed E-state index contributed by atoms with van der Waals surface area (Å²) in [4.78, 5) is 30.3. The van der Waals surface area contributed by atoms with Gasteiger partial charge >= 0.3 is 18.1 Å².